The smallest absolute Gasteiger partial charge is 0.326 e. The summed E-state index contributed by atoms with van der Waals surface area (Å²) in [5.41, 5.74) is 1.78. The van der Waals surface area contributed by atoms with Crippen LogP contribution >= 0.6 is 0 Å². The first kappa shape index (κ1) is 13.2. The van der Waals surface area contributed by atoms with Crippen molar-refractivity contribution in [1.29, 1.82) is 0 Å². The second-order valence-corrected chi connectivity index (χ2v) is 5.71. The van der Waals surface area contributed by atoms with E-state index >= 15 is 0 Å². The quantitative estimate of drug-likeness (QED) is 0.932. The number of hydrogen-bond acceptors (Lipinski definition) is 3. The third-order valence-electron chi connectivity index (χ3n) is 4.22. The maximum atomic E-state index is 12.2. The van der Waals surface area contributed by atoms with Crippen molar-refractivity contribution in [2.45, 2.75) is 32.4 Å². The first-order valence-electron chi connectivity index (χ1n) is 7.12. The van der Waals surface area contributed by atoms with Crippen LogP contribution in [0.3, 0.4) is 0 Å². The van der Waals surface area contributed by atoms with Crippen LogP contribution in [0.4, 0.5) is 0 Å². The van der Waals surface area contributed by atoms with Crippen molar-refractivity contribution in [2.75, 3.05) is 20.2 Å². The highest BCUT2D eigenvalue weighted by atomic mass is 16.5. The zero-order valence-electron chi connectivity index (χ0n) is 12.2. The number of nitrogens with one attached hydrogen (secondary N) is 1. The molecule has 0 bridgehead atoms. The second-order valence-electron chi connectivity index (χ2n) is 5.71. The first-order valence-corrected chi connectivity index (χ1v) is 7.12. The van der Waals surface area contributed by atoms with Crippen LogP contribution in [0.5, 0.6) is 5.75 Å². The number of aromatic amines is 1. The van der Waals surface area contributed by atoms with E-state index in [4.69, 9.17) is 4.74 Å². The topological polar surface area (TPSA) is 50.3 Å². The number of fused-ring (bicyclic) bond motifs is 1. The van der Waals surface area contributed by atoms with Crippen molar-refractivity contribution in [3.63, 3.8) is 0 Å². The molecule has 5 heteroatoms. The molecular weight excluding hydrogens is 254 g/mol. The Labute approximate surface area is 118 Å². The number of hydrogen-bond donors (Lipinski definition) is 1. The van der Waals surface area contributed by atoms with Crippen LogP contribution < -0.4 is 10.4 Å². The number of H-pyrrole nitrogens is 1. The Balaban J connectivity index is 2.03. The molecule has 0 spiro atoms. The van der Waals surface area contributed by atoms with E-state index in [2.05, 4.69) is 23.7 Å². The predicted molar refractivity (Wildman–Crippen MR) is 79.5 cm³/mol. The maximum absolute atomic E-state index is 12.2. The van der Waals surface area contributed by atoms with Crippen LogP contribution in [0.2, 0.25) is 0 Å². The second kappa shape index (κ2) is 4.98. The molecule has 2 heterocycles. The van der Waals surface area contributed by atoms with E-state index in [1.165, 1.54) is 0 Å². The van der Waals surface area contributed by atoms with E-state index in [-0.39, 0.29) is 11.7 Å². The largest absolute Gasteiger partial charge is 0.497 e. The van der Waals surface area contributed by atoms with Crippen molar-refractivity contribution < 1.29 is 4.74 Å². The Hall–Kier alpha value is -1.75. The van der Waals surface area contributed by atoms with E-state index in [1.54, 1.807) is 7.11 Å². The van der Waals surface area contributed by atoms with Crippen molar-refractivity contribution in [3.05, 3.63) is 28.7 Å². The third-order valence-corrected chi connectivity index (χ3v) is 4.22. The fourth-order valence-electron chi connectivity index (χ4n) is 3.04. The maximum Gasteiger partial charge on any atom is 0.326 e. The SMILES string of the molecule is COc1ccc2[nH]c(=O)n(C3CCN(C(C)C)C3)c2c1. The molecule has 0 aliphatic carbocycles. The summed E-state index contributed by atoms with van der Waals surface area (Å²) in [5.74, 6) is 0.781. The summed E-state index contributed by atoms with van der Waals surface area (Å²) >= 11 is 0. The molecule has 1 saturated heterocycles. The molecular formula is C15H21N3O2. The molecule has 1 aromatic heterocycles. The Kier molecular flexibility index (Phi) is 3.30. The minimum Gasteiger partial charge on any atom is -0.497 e. The molecule has 1 fully saturated rings. The molecule has 0 saturated carbocycles. The molecule has 1 N–H and O–H groups in total. The minimum atomic E-state index is -0.0242. The third kappa shape index (κ3) is 2.12. The molecule has 1 aliphatic rings. The molecule has 20 heavy (non-hydrogen) atoms. The molecule has 1 aliphatic heterocycles. The van der Waals surface area contributed by atoms with Gasteiger partial charge in [0.25, 0.3) is 0 Å². The lowest BCUT2D eigenvalue weighted by atomic mass is 10.2. The molecule has 2 aromatic rings. The summed E-state index contributed by atoms with van der Waals surface area (Å²) in [6.45, 7) is 6.37. The zero-order valence-corrected chi connectivity index (χ0v) is 12.2. The summed E-state index contributed by atoms with van der Waals surface area (Å²) in [6, 6.07) is 6.48. The highest BCUT2D eigenvalue weighted by Crippen LogP contribution is 2.27. The van der Waals surface area contributed by atoms with Crippen molar-refractivity contribution in [3.8, 4) is 5.75 Å². The van der Waals surface area contributed by atoms with Crippen LogP contribution in [0.1, 0.15) is 26.3 Å². The number of rotatable bonds is 3. The number of imidazole rings is 1. The first-order chi connectivity index (χ1) is 9.60. The predicted octanol–water partition coefficient (Wildman–Crippen LogP) is 1.99. The molecule has 5 nitrogen and oxygen atoms in total. The van der Waals surface area contributed by atoms with Gasteiger partial charge in [0, 0.05) is 25.2 Å². The lowest BCUT2D eigenvalue weighted by Crippen LogP contribution is -2.30. The average molecular weight is 275 g/mol. The van der Waals surface area contributed by atoms with Crippen molar-refractivity contribution in [1.82, 2.24) is 14.5 Å². The number of aromatic nitrogens is 2. The van der Waals surface area contributed by atoms with E-state index in [0.29, 0.717) is 6.04 Å². The van der Waals surface area contributed by atoms with Crippen LogP contribution in [-0.4, -0.2) is 40.7 Å². The molecule has 1 unspecified atom stereocenters. The van der Waals surface area contributed by atoms with Gasteiger partial charge >= 0.3 is 5.69 Å². The lowest BCUT2D eigenvalue weighted by Gasteiger charge is -2.20. The van der Waals surface area contributed by atoms with Crippen LogP contribution in [0.25, 0.3) is 11.0 Å². The number of likely N-dealkylation sites (tertiary alicyclic amines) is 1. The average Bonchev–Trinajstić information content (AvgIpc) is 3.00. The number of benzene rings is 1. The summed E-state index contributed by atoms with van der Waals surface area (Å²) in [6.07, 6.45) is 1.02. The van der Waals surface area contributed by atoms with Gasteiger partial charge in [-0.2, -0.15) is 0 Å². The van der Waals surface area contributed by atoms with Gasteiger partial charge in [-0.25, -0.2) is 4.79 Å². The van der Waals surface area contributed by atoms with Gasteiger partial charge in [-0.1, -0.05) is 0 Å². The van der Waals surface area contributed by atoms with E-state index in [9.17, 15) is 4.79 Å². The molecule has 0 amide bonds. The fraction of sp³-hybridized carbons (Fsp3) is 0.533. The molecule has 1 aromatic carbocycles. The standard InChI is InChI=1S/C15H21N3O2/c1-10(2)17-7-6-11(9-17)18-14-8-12(20-3)4-5-13(14)16-15(18)19/h4-5,8,10-11H,6-7,9H2,1-3H3,(H,16,19). The fourth-order valence-corrected chi connectivity index (χ4v) is 3.04. The van der Waals surface area contributed by atoms with Gasteiger partial charge in [0.15, 0.2) is 0 Å². The van der Waals surface area contributed by atoms with Gasteiger partial charge in [0.1, 0.15) is 5.75 Å². The Bertz CT molecular complexity index is 671. The monoisotopic (exact) mass is 275 g/mol. The Morgan fingerprint density at radius 3 is 2.85 bits per heavy atom. The minimum absolute atomic E-state index is 0.0242. The van der Waals surface area contributed by atoms with Gasteiger partial charge in [0.2, 0.25) is 0 Å². The van der Waals surface area contributed by atoms with Gasteiger partial charge in [-0.05, 0) is 32.4 Å². The Morgan fingerprint density at radius 2 is 2.20 bits per heavy atom. The highest BCUT2D eigenvalue weighted by molar-refractivity contribution is 5.77. The van der Waals surface area contributed by atoms with Crippen molar-refractivity contribution >= 4 is 11.0 Å². The molecule has 1 atom stereocenters. The number of nitrogens with zero attached hydrogens (tertiary/aromatic N) is 2. The molecule has 0 radical (unpaired) electrons. The summed E-state index contributed by atoms with van der Waals surface area (Å²) in [4.78, 5) is 17.6. The number of methoxy groups -OCH3 is 1. The van der Waals surface area contributed by atoms with Gasteiger partial charge in [-0.15, -0.1) is 0 Å². The van der Waals surface area contributed by atoms with E-state index < -0.39 is 0 Å². The van der Waals surface area contributed by atoms with Crippen LogP contribution in [0, 0.1) is 0 Å². The van der Waals surface area contributed by atoms with Gasteiger partial charge in [-0.3, -0.25) is 9.47 Å². The number of ether oxygens (including phenoxy) is 1. The molecule has 3 rings (SSSR count). The van der Waals surface area contributed by atoms with E-state index in [1.807, 2.05) is 22.8 Å². The van der Waals surface area contributed by atoms with Crippen LogP contribution in [0.15, 0.2) is 23.0 Å². The van der Waals surface area contributed by atoms with Crippen LogP contribution in [-0.2, 0) is 0 Å². The zero-order chi connectivity index (χ0) is 14.3. The van der Waals surface area contributed by atoms with E-state index in [0.717, 1.165) is 36.3 Å². The summed E-state index contributed by atoms with van der Waals surface area (Å²) in [5, 5.41) is 0. The highest BCUT2D eigenvalue weighted by Gasteiger charge is 2.27. The molecule has 108 valence electrons. The normalized spacial score (nSPS) is 20.1. The summed E-state index contributed by atoms with van der Waals surface area (Å²) < 4.78 is 7.16. The van der Waals surface area contributed by atoms with Gasteiger partial charge < -0.3 is 9.72 Å². The van der Waals surface area contributed by atoms with Crippen molar-refractivity contribution in [2.24, 2.45) is 0 Å². The van der Waals surface area contributed by atoms with Gasteiger partial charge in [0.05, 0.1) is 24.2 Å². The lowest BCUT2D eigenvalue weighted by molar-refractivity contribution is 0.265. The summed E-state index contributed by atoms with van der Waals surface area (Å²) in [7, 11) is 1.65. The Morgan fingerprint density at radius 1 is 1.40 bits per heavy atom.